The van der Waals surface area contributed by atoms with Gasteiger partial charge in [-0.1, -0.05) is 43.3 Å². The van der Waals surface area contributed by atoms with E-state index in [9.17, 15) is 4.79 Å². The minimum Gasteiger partial charge on any atom is -0.298 e. The van der Waals surface area contributed by atoms with Crippen LogP contribution in [-0.2, 0) is 4.79 Å². The molecule has 2 aromatic rings. The van der Waals surface area contributed by atoms with E-state index in [1.54, 1.807) is 11.8 Å². The molecule has 20 heavy (non-hydrogen) atoms. The van der Waals surface area contributed by atoms with Gasteiger partial charge < -0.3 is 0 Å². The highest BCUT2D eigenvalue weighted by atomic mass is 35.5. The number of carbonyl (C=O) groups is 1. The number of hydrogen-bond acceptors (Lipinski definition) is 3. The lowest BCUT2D eigenvalue weighted by Gasteiger charge is -2.25. The summed E-state index contributed by atoms with van der Waals surface area (Å²) in [6, 6.07) is 7.76. The summed E-state index contributed by atoms with van der Waals surface area (Å²) in [5.41, 5.74) is 2.76. The molecule has 0 saturated heterocycles. The van der Waals surface area contributed by atoms with E-state index in [2.05, 4.69) is 19.9 Å². The molecule has 0 fully saturated rings. The van der Waals surface area contributed by atoms with Crippen molar-refractivity contribution in [2.24, 2.45) is 5.92 Å². The normalized spacial score (nSPS) is 18.0. The van der Waals surface area contributed by atoms with Crippen LogP contribution in [0.2, 0.25) is 5.02 Å². The lowest BCUT2D eigenvalue weighted by atomic mass is 10.0. The predicted octanol–water partition coefficient (Wildman–Crippen LogP) is 4.60. The fraction of sp³-hybridized carbons (Fsp3) is 0.250. The molecule has 1 aliphatic heterocycles. The van der Waals surface area contributed by atoms with E-state index >= 15 is 0 Å². The number of thioether (sulfide) groups is 1. The van der Waals surface area contributed by atoms with E-state index in [1.165, 1.54) is 0 Å². The number of rotatable bonds is 2. The van der Waals surface area contributed by atoms with Crippen LogP contribution in [-0.4, -0.2) is 16.5 Å². The maximum atomic E-state index is 11.3. The van der Waals surface area contributed by atoms with Crippen molar-refractivity contribution in [2.45, 2.75) is 24.1 Å². The molecule has 1 atom stereocenters. The van der Waals surface area contributed by atoms with Gasteiger partial charge in [-0.05, 0) is 30.2 Å². The smallest absolute Gasteiger partial charge is 0.147 e. The molecule has 0 amide bonds. The first-order valence-electron chi connectivity index (χ1n) is 6.52. The van der Waals surface area contributed by atoms with Gasteiger partial charge >= 0.3 is 0 Å². The van der Waals surface area contributed by atoms with Gasteiger partial charge in [-0.2, -0.15) is 0 Å². The molecular formula is C16H14ClNOS. The number of benzene rings is 1. The number of aldehydes is 1. The average molecular weight is 304 g/mol. The van der Waals surface area contributed by atoms with Crippen LogP contribution in [0, 0.1) is 5.92 Å². The van der Waals surface area contributed by atoms with Gasteiger partial charge in [-0.25, -0.2) is 4.98 Å². The van der Waals surface area contributed by atoms with E-state index in [0.717, 1.165) is 33.4 Å². The highest BCUT2D eigenvalue weighted by Crippen LogP contribution is 2.40. The van der Waals surface area contributed by atoms with Gasteiger partial charge in [0.05, 0.1) is 5.52 Å². The quantitative estimate of drug-likeness (QED) is 0.759. The molecule has 102 valence electrons. The molecule has 0 saturated carbocycles. The summed E-state index contributed by atoms with van der Waals surface area (Å²) in [4.78, 5) is 16.0. The number of carbonyl (C=O) groups excluding carboxylic acids is 1. The van der Waals surface area contributed by atoms with Gasteiger partial charge in [0.15, 0.2) is 0 Å². The fourth-order valence-electron chi connectivity index (χ4n) is 2.41. The van der Waals surface area contributed by atoms with Crippen molar-refractivity contribution in [1.29, 1.82) is 0 Å². The first-order valence-corrected chi connectivity index (χ1v) is 7.78. The number of hydrogen-bond donors (Lipinski definition) is 0. The highest BCUT2D eigenvalue weighted by Gasteiger charge is 2.25. The number of fused-ring (bicyclic) bond motifs is 2. The molecule has 0 radical (unpaired) electrons. The molecule has 3 rings (SSSR count). The molecule has 1 aliphatic rings. The van der Waals surface area contributed by atoms with Crippen LogP contribution < -0.4 is 0 Å². The maximum absolute atomic E-state index is 11.3. The molecule has 0 spiro atoms. The maximum Gasteiger partial charge on any atom is 0.147 e. The molecule has 0 unspecified atom stereocenters. The van der Waals surface area contributed by atoms with E-state index in [0.29, 0.717) is 10.9 Å². The molecule has 4 heteroatoms. The minimum absolute atomic E-state index is 0.170. The summed E-state index contributed by atoms with van der Waals surface area (Å²) in [5, 5.41) is 2.88. The second-order valence-electron chi connectivity index (χ2n) is 5.26. The van der Waals surface area contributed by atoms with Crippen molar-refractivity contribution in [3.05, 3.63) is 40.4 Å². The van der Waals surface area contributed by atoms with E-state index in [4.69, 9.17) is 16.6 Å². The SMILES string of the molecule is CC(C)[C@H]1Sc2nc3cc(Cl)ccc3cc2C=C1C=O. The summed E-state index contributed by atoms with van der Waals surface area (Å²) in [7, 11) is 0. The topological polar surface area (TPSA) is 30.0 Å². The molecule has 2 nitrogen and oxygen atoms in total. The zero-order chi connectivity index (χ0) is 14.3. The number of halogens is 1. The standard InChI is InChI=1S/C16H14ClNOS/c1-9(2)15-12(8-19)6-11-5-10-3-4-13(17)7-14(10)18-16(11)20-15/h3-9,15H,1-2H3/t15-/m1/s1. The van der Waals surface area contributed by atoms with Crippen molar-refractivity contribution in [2.75, 3.05) is 0 Å². The van der Waals surface area contributed by atoms with Crippen molar-refractivity contribution < 1.29 is 4.79 Å². The zero-order valence-corrected chi connectivity index (χ0v) is 12.8. The van der Waals surface area contributed by atoms with Gasteiger partial charge in [-0.15, -0.1) is 0 Å². The predicted molar refractivity (Wildman–Crippen MR) is 85.3 cm³/mol. The van der Waals surface area contributed by atoms with Gasteiger partial charge in [-0.3, -0.25) is 4.79 Å². The Bertz CT molecular complexity index is 724. The summed E-state index contributed by atoms with van der Waals surface area (Å²) < 4.78 is 0. The summed E-state index contributed by atoms with van der Waals surface area (Å²) in [6.45, 7) is 4.25. The second kappa shape index (κ2) is 5.23. The molecule has 0 N–H and O–H groups in total. The Balaban J connectivity index is 2.17. The van der Waals surface area contributed by atoms with E-state index < -0.39 is 0 Å². The van der Waals surface area contributed by atoms with Crippen molar-refractivity contribution in [3.63, 3.8) is 0 Å². The van der Waals surface area contributed by atoms with Crippen LogP contribution in [0.5, 0.6) is 0 Å². The Morgan fingerprint density at radius 1 is 1.35 bits per heavy atom. The van der Waals surface area contributed by atoms with Crippen LogP contribution in [0.25, 0.3) is 17.0 Å². The number of aromatic nitrogens is 1. The summed E-state index contributed by atoms with van der Waals surface area (Å²) in [5.74, 6) is 0.390. The average Bonchev–Trinajstić information content (AvgIpc) is 2.43. The Labute approximate surface area is 127 Å². The van der Waals surface area contributed by atoms with Crippen LogP contribution in [0.4, 0.5) is 0 Å². The highest BCUT2D eigenvalue weighted by molar-refractivity contribution is 8.00. The number of pyridine rings is 1. The van der Waals surface area contributed by atoms with Crippen LogP contribution >= 0.6 is 23.4 Å². The van der Waals surface area contributed by atoms with Gasteiger partial charge in [0, 0.05) is 26.8 Å². The zero-order valence-electron chi connectivity index (χ0n) is 11.3. The molecule has 2 heterocycles. The third kappa shape index (κ3) is 2.36. The molecule has 0 aliphatic carbocycles. The Morgan fingerprint density at radius 2 is 2.15 bits per heavy atom. The van der Waals surface area contributed by atoms with Gasteiger partial charge in [0.2, 0.25) is 0 Å². The molecule has 0 bridgehead atoms. The number of nitrogens with zero attached hydrogens (tertiary/aromatic N) is 1. The second-order valence-corrected chi connectivity index (χ2v) is 6.83. The van der Waals surface area contributed by atoms with Crippen molar-refractivity contribution in [3.8, 4) is 0 Å². The third-order valence-corrected chi connectivity index (χ3v) is 5.26. The van der Waals surface area contributed by atoms with Crippen LogP contribution in [0.1, 0.15) is 19.4 Å². The Kier molecular flexibility index (Phi) is 3.57. The van der Waals surface area contributed by atoms with Crippen LogP contribution in [0.3, 0.4) is 0 Å². The van der Waals surface area contributed by atoms with Crippen molar-refractivity contribution in [1.82, 2.24) is 4.98 Å². The first kappa shape index (κ1) is 13.7. The summed E-state index contributed by atoms with van der Waals surface area (Å²) in [6.07, 6.45) is 2.93. The molecule has 1 aromatic carbocycles. The minimum atomic E-state index is 0.170. The lowest BCUT2D eigenvalue weighted by Crippen LogP contribution is -2.18. The van der Waals surface area contributed by atoms with E-state index in [-0.39, 0.29) is 5.25 Å². The van der Waals surface area contributed by atoms with Gasteiger partial charge in [0.25, 0.3) is 0 Å². The molecular weight excluding hydrogens is 290 g/mol. The molecule has 1 aromatic heterocycles. The van der Waals surface area contributed by atoms with Gasteiger partial charge in [0.1, 0.15) is 11.3 Å². The van der Waals surface area contributed by atoms with Crippen LogP contribution in [0.15, 0.2) is 34.9 Å². The van der Waals surface area contributed by atoms with Crippen molar-refractivity contribution >= 4 is 46.6 Å². The third-order valence-electron chi connectivity index (χ3n) is 3.40. The first-order chi connectivity index (χ1) is 9.58. The monoisotopic (exact) mass is 303 g/mol. The summed E-state index contributed by atoms with van der Waals surface area (Å²) >= 11 is 7.69. The van der Waals surface area contributed by atoms with E-state index in [1.807, 2.05) is 24.3 Å². The fourth-order valence-corrected chi connectivity index (χ4v) is 3.75. The largest absolute Gasteiger partial charge is 0.298 e. The lowest BCUT2D eigenvalue weighted by molar-refractivity contribution is -0.105. The Morgan fingerprint density at radius 3 is 2.85 bits per heavy atom. The Hall–Kier alpha value is -1.32.